The summed E-state index contributed by atoms with van der Waals surface area (Å²) in [5, 5.41) is 8.00. The molecule has 0 saturated carbocycles. The van der Waals surface area contributed by atoms with Crippen molar-refractivity contribution in [3.63, 3.8) is 0 Å². The third-order valence-corrected chi connectivity index (χ3v) is 3.56. The predicted octanol–water partition coefficient (Wildman–Crippen LogP) is 1.85. The Labute approximate surface area is 118 Å². The van der Waals surface area contributed by atoms with Crippen molar-refractivity contribution in [2.45, 2.75) is 31.9 Å². The van der Waals surface area contributed by atoms with E-state index >= 15 is 0 Å². The highest BCUT2D eigenvalue weighted by Gasteiger charge is 2.23. The van der Waals surface area contributed by atoms with Gasteiger partial charge in [0.05, 0.1) is 24.0 Å². The smallest absolute Gasteiger partial charge is 0.130 e. The van der Waals surface area contributed by atoms with Crippen molar-refractivity contribution >= 4 is 5.82 Å². The summed E-state index contributed by atoms with van der Waals surface area (Å²) in [6.45, 7) is 0.500. The van der Waals surface area contributed by atoms with Gasteiger partial charge in [-0.3, -0.25) is 4.68 Å². The molecule has 0 saturated heterocycles. The van der Waals surface area contributed by atoms with Crippen molar-refractivity contribution in [1.29, 1.82) is 0 Å². The van der Waals surface area contributed by atoms with Crippen LogP contribution in [-0.4, -0.2) is 26.9 Å². The number of anilines is 1. The number of aromatic nitrogens is 4. The molecule has 2 aromatic heterocycles. The van der Waals surface area contributed by atoms with Crippen molar-refractivity contribution in [3.05, 3.63) is 35.5 Å². The average molecular weight is 273 g/mol. The Bertz CT molecular complexity index is 595. The number of aryl methyl sites for hydroxylation is 2. The van der Waals surface area contributed by atoms with E-state index in [1.54, 1.807) is 13.4 Å². The molecular formula is C14H19N5O. The first-order valence-electron chi connectivity index (χ1n) is 6.85. The molecule has 1 N–H and O–H groups in total. The SMILES string of the molecule is COCc1cc(N[C@H]2CCCc3nn(C)cc32)ncn1. The van der Waals surface area contributed by atoms with Gasteiger partial charge in [0.25, 0.3) is 0 Å². The van der Waals surface area contributed by atoms with E-state index in [2.05, 4.69) is 26.6 Å². The van der Waals surface area contributed by atoms with Gasteiger partial charge in [0.15, 0.2) is 0 Å². The third kappa shape index (κ3) is 2.65. The molecule has 1 atom stereocenters. The van der Waals surface area contributed by atoms with Crippen LogP contribution < -0.4 is 5.32 Å². The molecule has 6 heteroatoms. The van der Waals surface area contributed by atoms with Crippen LogP contribution in [0.25, 0.3) is 0 Å². The summed E-state index contributed by atoms with van der Waals surface area (Å²) in [6.07, 6.45) is 6.99. The zero-order valence-corrected chi connectivity index (χ0v) is 11.8. The van der Waals surface area contributed by atoms with Gasteiger partial charge >= 0.3 is 0 Å². The Morgan fingerprint density at radius 3 is 3.20 bits per heavy atom. The summed E-state index contributed by atoms with van der Waals surface area (Å²) in [5.41, 5.74) is 3.36. The van der Waals surface area contributed by atoms with Gasteiger partial charge in [-0.25, -0.2) is 9.97 Å². The molecule has 0 aliphatic heterocycles. The Morgan fingerprint density at radius 2 is 2.35 bits per heavy atom. The molecule has 0 amide bonds. The number of hydrogen-bond acceptors (Lipinski definition) is 5. The van der Waals surface area contributed by atoms with Gasteiger partial charge in [0.1, 0.15) is 12.1 Å². The number of hydrogen-bond donors (Lipinski definition) is 1. The van der Waals surface area contributed by atoms with Crippen molar-refractivity contribution in [3.8, 4) is 0 Å². The summed E-state index contributed by atoms with van der Waals surface area (Å²) < 4.78 is 6.99. The minimum Gasteiger partial charge on any atom is -0.378 e. The maximum atomic E-state index is 5.10. The lowest BCUT2D eigenvalue weighted by Gasteiger charge is -2.23. The van der Waals surface area contributed by atoms with E-state index in [9.17, 15) is 0 Å². The van der Waals surface area contributed by atoms with E-state index in [-0.39, 0.29) is 6.04 Å². The van der Waals surface area contributed by atoms with Gasteiger partial charge in [-0.2, -0.15) is 5.10 Å². The van der Waals surface area contributed by atoms with Crippen LogP contribution >= 0.6 is 0 Å². The molecule has 3 rings (SSSR count). The third-order valence-electron chi connectivity index (χ3n) is 3.56. The Kier molecular flexibility index (Phi) is 3.64. The first-order chi connectivity index (χ1) is 9.76. The van der Waals surface area contributed by atoms with Gasteiger partial charge in [-0.15, -0.1) is 0 Å². The maximum Gasteiger partial charge on any atom is 0.130 e. The molecule has 0 aromatic carbocycles. The minimum atomic E-state index is 0.276. The normalized spacial score (nSPS) is 17.8. The predicted molar refractivity (Wildman–Crippen MR) is 75.3 cm³/mol. The van der Waals surface area contributed by atoms with E-state index in [0.717, 1.165) is 30.8 Å². The topological polar surface area (TPSA) is 64.9 Å². The minimum absolute atomic E-state index is 0.276. The molecule has 1 aliphatic carbocycles. The second kappa shape index (κ2) is 5.58. The van der Waals surface area contributed by atoms with Crippen molar-refractivity contribution in [1.82, 2.24) is 19.7 Å². The summed E-state index contributed by atoms with van der Waals surface area (Å²) in [4.78, 5) is 8.47. The average Bonchev–Trinajstić information content (AvgIpc) is 2.81. The van der Waals surface area contributed by atoms with Gasteiger partial charge in [0, 0.05) is 32.0 Å². The first-order valence-corrected chi connectivity index (χ1v) is 6.85. The molecule has 0 bridgehead atoms. The van der Waals surface area contributed by atoms with E-state index in [4.69, 9.17) is 4.74 Å². The fourth-order valence-corrected chi connectivity index (χ4v) is 2.70. The number of nitrogens with zero attached hydrogens (tertiary/aromatic N) is 4. The fraction of sp³-hybridized carbons (Fsp3) is 0.500. The summed E-state index contributed by atoms with van der Waals surface area (Å²) >= 11 is 0. The zero-order valence-electron chi connectivity index (χ0n) is 11.8. The lowest BCUT2D eigenvalue weighted by molar-refractivity contribution is 0.181. The number of fused-ring (bicyclic) bond motifs is 1. The van der Waals surface area contributed by atoms with Crippen molar-refractivity contribution < 1.29 is 4.74 Å². The standard InChI is InChI=1S/C14H19N5O/c1-19-7-11-12(4-3-5-13(11)18-19)17-14-6-10(8-20-2)15-9-16-14/h6-7,9,12H,3-5,8H2,1-2H3,(H,15,16,17)/t12-/m0/s1. The number of nitrogens with one attached hydrogen (secondary N) is 1. The number of methoxy groups -OCH3 is 1. The lowest BCUT2D eigenvalue weighted by atomic mass is 9.93. The monoisotopic (exact) mass is 273 g/mol. The molecular weight excluding hydrogens is 254 g/mol. The Balaban J connectivity index is 1.80. The second-order valence-electron chi connectivity index (χ2n) is 5.12. The second-order valence-corrected chi connectivity index (χ2v) is 5.12. The number of rotatable bonds is 4. The fourth-order valence-electron chi connectivity index (χ4n) is 2.70. The van der Waals surface area contributed by atoms with E-state index in [0.29, 0.717) is 6.61 Å². The van der Waals surface area contributed by atoms with E-state index in [1.807, 2.05) is 17.8 Å². The molecule has 6 nitrogen and oxygen atoms in total. The van der Waals surface area contributed by atoms with E-state index in [1.165, 1.54) is 11.3 Å². The molecule has 0 unspecified atom stereocenters. The molecule has 0 spiro atoms. The van der Waals surface area contributed by atoms with Crippen LogP contribution in [0, 0.1) is 0 Å². The van der Waals surface area contributed by atoms with Crippen LogP contribution in [-0.2, 0) is 24.8 Å². The first kappa shape index (κ1) is 13.1. The maximum absolute atomic E-state index is 5.10. The molecule has 106 valence electrons. The van der Waals surface area contributed by atoms with Crippen molar-refractivity contribution in [2.75, 3.05) is 12.4 Å². The zero-order chi connectivity index (χ0) is 13.9. The lowest BCUT2D eigenvalue weighted by Crippen LogP contribution is -2.17. The molecule has 1 aliphatic rings. The van der Waals surface area contributed by atoms with Gasteiger partial charge in [-0.05, 0) is 19.3 Å². The molecule has 2 heterocycles. The van der Waals surface area contributed by atoms with Crippen LogP contribution in [0.1, 0.15) is 35.8 Å². The van der Waals surface area contributed by atoms with Crippen LogP contribution in [0.4, 0.5) is 5.82 Å². The van der Waals surface area contributed by atoms with Crippen LogP contribution in [0.5, 0.6) is 0 Å². The summed E-state index contributed by atoms with van der Waals surface area (Å²) in [7, 11) is 3.63. The highest BCUT2D eigenvalue weighted by molar-refractivity contribution is 5.40. The Morgan fingerprint density at radius 1 is 1.45 bits per heavy atom. The van der Waals surface area contributed by atoms with Gasteiger partial charge < -0.3 is 10.1 Å². The Hall–Kier alpha value is -1.95. The van der Waals surface area contributed by atoms with Crippen LogP contribution in [0.15, 0.2) is 18.6 Å². The van der Waals surface area contributed by atoms with Crippen LogP contribution in [0.2, 0.25) is 0 Å². The van der Waals surface area contributed by atoms with Crippen molar-refractivity contribution in [2.24, 2.45) is 7.05 Å². The molecule has 2 aromatic rings. The summed E-state index contributed by atoms with van der Waals surface area (Å²) in [5.74, 6) is 0.841. The summed E-state index contributed by atoms with van der Waals surface area (Å²) in [6, 6.07) is 2.21. The quantitative estimate of drug-likeness (QED) is 0.921. The number of ether oxygens (including phenoxy) is 1. The highest BCUT2D eigenvalue weighted by Crippen LogP contribution is 2.31. The molecule has 20 heavy (non-hydrogen) atoms. The van der Waals surface area contributed by atoms with Gasteiger partial charge in [-0.1, -0.05) is 0 Å². The van der Waals surface area contributed by atoms with Crippen LogP contribution in [0.3, 0.4) is 0 Å². The van der Waals surface area contributed by atoms with Gasteiger partial charge in [0.2, 0.25) is 0 Å². The molecule has 0 fully saturated rings. The highest BCUT2D eigenvalue weighted by atomic mass is 16.5. The molecule has 0 radical (unpaired) electrons. The van der Waals surface area contributed by atoms with E-state index < -0.39 is 0 Å². The largest absolute Gasteiger partial charge is 0.378 e.